The molecular formula is C26H42O2. The van der Waals surface area contributed by atoms with E-state index in [4.69, 9.17) is 4.74 Å². The number of ether oxygens (including phenoxy) is 1. The Balaban J connectivity index is 1.70. The average Bonchev–Trinajstić information content (AvgIpc) is 3.37. The van der Waals surface area contributed by atoms with Gasteiger partial charge >= 0.3 is 0 Å². The van der Waals surface area contributed by atoms with Crippen LogP contribution in [-0.2, 0) is 22.4 Å². The first-order valence-electron chi connectivity index (χ1n) is 11.5. The van der Waals surface area contributed by atoms with Crippen molar-refractivity contribution in [2.75, 3.05) is 0 Å². The summed E-state index contributed by atoms with van der Waals surface area (Å²) in [4.78, 5) is 10.6. The van der Waals surface area contributed by atoms with Crippen LogP contribution in [0, 0.1) is 19.3 Å². The smallest absolute Gasteiger partial charge is 0.293 e. The Morgan fingerprint density at radius 3 is 1.93 bits per heavy atom. The Labute approximate surface area is 173 Å². The molecule has 28 heavy (non-hydrogen) atoms. The highest BCUT2D eigenvalue weighted by molar-refractivity contribution is 5.39. The highest BCUT2D eigenvalue weighted by atomic mass is 16.5. The molecule has 0 N–H and O–H groups in total. The third kappa shape index (κ3) is 7.97. The molecule has 1 aliphatic rings. The molecule has 0 heterocycles. The lowest BCUT2D eigenvalue weighted by Gasteiger charge is -2.17. The van der Waals surface area contributed by atoms with E-state index in [-0.39, 0.29) is 5.60 Å². The first-order valence-corrected chi connectivity index (χ1v) is 11.5. The monoisotopic (exact) mass is 386 g/mol. The summed E-state index contributed by atoms with van der Waals surface area (Å²) in [5, 5.41) is 0. The third-order valence-electron chi connectivity index (χ3n) is 6.35. The summed E-state index contributed by atoms with van der Waals surface area (Å²) >= 11 is 0. The van der Waals surface area contributed by atoms with Gasteiger partial charge in [-0.2, -0.15) is 0 Å². The molecule has 0 saturated heterocycles. The van der Waals surface area contributed by atoms with Crippen molar-refractivity contribution in [3.8, 4) is 0 Å². The average molecular weight is 387 g/mol. The van der Waals surface area contributed by atoms with E-state index >= 15 is 0 Å². The van der Waals surface area contributed by atoms with E-state index in [9.17, 15) is 4.79 Å². The number of rotatable bonds is 13. The molecule has 2 rings (SSSR count). The third-order valence-corrected chi connectivity index (χ3v) is 6.35. The second kappa shape index (κ2) is 10.5. The van der Waals surface area contributed by atoms with Crippen molar-refractivity contribution in [1.29, 1.82) is 0 Å². The lowest BCUT2D eigenvalue weighted by molar-refractivity contribution is -0.135. The minimum Gasteiger partial charge on any atom is -0.461 e. The number of carbonyl (C=O) groups excluding carboxylic acids is 1. The standard InChI is InChI=1S/C26H42O2/c1-21-19-24(13-9-11-15-26(16-17-26)28-20-27)22(2)18-23(21)12-8-6-7-10-14-25(3,4)5/h18-20H,6-17H2,1-5H3. The molecule has 0 spiro atoms. The van der Waals surface area contributed by atoms with Crippen molar-refractivity contribution in [2.24, 2.45) is 5.41 Å². The summed E-state index contributed by atoms with van der Waals surface area (Å²) in [7, 11) is 0. The zero-order valence-electron chi connectivity index (χ0n) is 19.0. The first kappa shape index (κ1) is 23.0. The van der Waals surface area contributed by atoms with Crippen LogP contribution in [0.3, 0.4) is 0 Å². The Kier molecular flexibility index (Phi) is 8.58. The number of hydrogen-bond acceptors (Lipinski definition) is 2. The fourth-order valence-corrected chi connectivity index (χ4v) is 4.23. The van der Waals surface area contributed by atoms with E-state index in [1.807, 2.05) is 0 Å². The molecule has 1 aromatic rings. The SMILES string of the molecule is Cc1cc(CCCCC2(OC=O)CC2)c(C)cc1CCCCCCC(C)(C)C. The topological polar surface area (TPSA) is 26.3 Å². The van der Waals surface area contributed by atoms with Gasteiger partial charge in [0.2, 0.25) is 0 Å². The minimum atomic E-state index is -0.0938. The highest BCUT2D eigenvalue weighted by Gasteiger charge is 2.44. The lowest BCUT2D eigenvalue weighted by Crippen LogP contribution is -2.12. The number of benzene rings is 1. The number of hydrogen-bond donors (Lipinski definition) is 0. The van der Waals surface area contributed by atoms with Gasteiger partial charge in [-0.15, -0.1) is 0 Å². The van der Waals surface area contributed by atoms with Crippen molar-refractivity contribution >= 4 is 6.47 Å². The predicted molar refractivity (Wildman–Crippen MR) is 119 cm³/mol. The van der Waals surface area contributed by atoms with Crippen LogP contribution in [0.5, 0.6) is 0 Å². The van der Waals surface area contributed by atoms with Gasteiger partial charge in [-0.05, 0) is 99.3 Å². The second-order valence-corrected chi connectivity index (χ2v) is 10.3. The number of aryl methyl sites for hydroxylation is 4. The van der Waals surface area contributed by atoms with Gasteiger partial charge in [0.15, 0.2) is 0 Å². The number of carbonyl (C=O) groups is 1. The van der Waals surface area contributed by atoms with Crippen molar-refractivity contribution in [1.82, 2.24) is 0 Å². The molecule has 0 amide bonds. The number of unbranched alkanes of at least 4 members (excludes halogenated alkanes) is 4. The van der Waals surface area contributed by atoms with Crippen molar-refractivity contribution in [2.45, 2.75) is 117 Å². The molecule has 1 saturated carbocycles. The highest BCUT2D eigenvalue weighted by Crippen LogP contribution is 2.43. The van der Waals surface area contributed by atoms with Gasteiger partial charge in [0.1, 0.15) is 5.60 Å². The molecule has 158 valence electrons. The molecule has 0 aliphatic heterocycles. The summed E-state index contributed by atoms with van der Waals surface area (Å²) in [5.41, 5.74) is 6.31. The van der Waals surface area contributed by atoms with Crippen LogP contribution >= 0.6 is 0 Å². The Bertz CT molecular complexity index is 620. The van der Waals surface area contributed by atoms with Gasteiger partial charge in [-0.1, -0.05) is 52.2 Å². The summed E-state index contributed by atoms with van der Waals surface area (Å²) < 4.78 is 5.25. The quantitative estimate of drug-likeness (QED) is 0.263. The van der Waals surface area contributed by atoms with E-state index in [0.717, 1.165) is 32.1 Å². The molecule has 0 atom stereocenters. The molecular weight excluding hydrogens is 344 g/mol. The molecule has 2 nitrogen and oxygen atoms in total. The lowest BCUT2D eigenvalue weighted by atomic mass is 9.89. The summed E-state index contributed by atoms with van der Waals surface area (Å²) in [6.07, 6.45) is 14.5. The maximum Gasteiger partial charge on any atom is 0.293 e. The summed E-state index contributed by atoms with van der Waals surface area (Å²) in [5.74, 6) is 0. The van der Waals surface area contributed by atoms with Gasteiger partial charge < -0.3 is 4.74 Å². The van der Waals surface area contributed by atoms with Crippen LogP contribution < -0.4 is 0 Å². The van der Waals surface area contributed by atoms with E-state index in [1.54, 1.807) is 0 Å². The molecule has 1 fully saturated rings. The van der Waals surface area contributed by atoms with Crippen molar-refractivity contribution in [3.05, 3.63) is 34.4 Å². The maximum absolute atomic E-state index is 10.6. The minimum absolute atomic E-state index is 0.0938. The fourth-order valence-electron chi connectivity index (χ4n) is 4.23. The van der Waals surface area contributed by atoms with E-state index < -0.39 is 0 Å². The Morgan fingerprint density at radius 1 is 0.893 bits per heavy atom. The van der Waals surface area contributed by atoms with Crippen LogP contribution in [-0.4, -0.2) is 12.1 Å². The zero-order chi connectivity index (χ0) is 20.6. The van der Waals surface area contributed by atoms with Crippen LogP contribution in [0.15, 0.2) is 12.1 Å². The maximum atomic E-state index is 10.6. The van der Waals surface area contributed by atoms with Gasteiger partial charge in [0.05, 0.1) is 0 Å². The molecule has 1 aliphatic carbocycles. The Hall–Kier alpha value is -1.31. The predicted octanol–water partition coefficient (Wildman–Crippen LogP) is 7.26. The zero-order valence-corrected chi connectivity index (χ0v) is 19.0. The van der Waals surface area contributed by atoms with E-state index in [0.29, 0.717) is 11.9 Å². The summed E-state index contributed by atoms with van der Waals surface area (Å²) in [6, 6.07) is 4.84. The van der Waals surface area contributed by atoms with E-state index in [2.05, 4.69) is 46.8 Å². The van der Waals surface area contributed by atoms with Gasteiger partial charge in [-0.25, -0.2) is 0 Å². The van der Waals surface area contributed by atoms with Gasteiger partial charge in [0.25, 0.3) is 6.47 Å². The molecule has 0 bridgehead atoms. The molecule has 1 aromatic carbocycles. The van der Waals surface area contributed by atoms with Crippen molar-refractivity contribution in [3.63, 3.8) is 0 Å². The van der Waals surface area contributed by atoms with Crippen molar-refractivity contribution < 1.29 is 9.53 Å². The van der Waals surface area contributed by atoms with Crippen LogP contribution in [0.1, 0.15) is 107 Å². The molecule has 0 aromatic heterocycles. The van der Waals surface area contributed by atoms with Crippen LogP contribution in [0.4, 0.5) is 0 Å². The molecule has 0 radical (unpaired) electrons. The first-order chi connectivity index (χ1) is 13.2. The molecule has 2 heteroatoms. The van der Waals surface area contributed by atoms with E-state index in [1.165, 1.54) is 67.2 Å². The van der Waals surface area contributed by atoms with Gasteiger partial charge in [0, 0.05) is 0 Å². The van der Waals surface area contributed by atoms with Crippen LogP contribution in [0.25, 0.3) is 0 Å². The molecule has 0 unspecified atom stereocenters. The largest absolute Gasteiger partial charge is 0.461 e. The second-order valence-electron chi connectivity index (χ2n) is 10.3. The Morgan fingerprint density at radius 2 is 1.43 bits per heavy atom. The fraction of sp³-hybridized carbons (Fsp3) is 0.731. The summed E-state index contributed by atoms with van der Waals surface area (Å²) in [6.45, 7) is 12.2. The normalized spacial score (nSPS) is 15.5. The van der Waals surface area contributed by atoms with Gasteiger partial charge in [-0.3, -0.25) is 4.79 Å². The van der Waals surface area contributed by atoms with Crippen LogP contribution in [0.2, 0.25) is 0 Å².